The van der Waals surface area contributed by atoms with Gasteiger partial charge < -0.3 is 20.5 Å². The normalized spacial score (nSPS) is 15.1. The van der Waals surface area contributed by atoms with Crippen LogP contribution >= 0.6 is 0 Å². The lowest BCUT2D eigenvalue weighted by molar-refractivity contribution is 0.0697. The molecule has 6 nitrogen and oxygen atoms in total. The Morgan fingerprint density at radius 3 is 2.74 bits per heavy atom. The maximum absolute atomic E-state index is 11.4. The highest BCUT2D eigenvalue weighted by molar-refractivity contribution is 5.93. The molecular formula is C25H27N3O3. The second kappa shape index (κ2) is 9.51. The van der Waals surface area contributed by atoms with Crippen LogP contribution < -0.4 is 15.4 Å². The summed E-state index contributed by atoms with van der Waals surface area (Å²) in [5, 5.41) is 16.1. The van der Waals surface area contributed by atoms with Gasteiger partial charge in [-0.2, -0.15) is 0 Å². The summed E-state index contributed by atoms with van der Waals surface area (Å²) in [4.78, 5) is 15.5. The number of aromatic carboxylic acids is 1. The van der Waals surface area contributed by atoms with Gasteiger partial charge in [-0.05, 0) is 79.8 Å². The van der Waals surface area contributed by atoms with E-state index in [1.165, 1.54) is 23.4 Å². The minimum absolute atomic E-state index is 0.251. The third kappa shape index (κ3) is 4.97. The second-order valence-corrected chi connectivity index (χ2v) is 7.69. The molecule has 1 heterocycles. The van der Waals surface area contributed by atoms with Crippen LogP contribution in [0.25, 0.3) is 0 Å². The predicted molar refractivity (Wildman–Crippen MR) is 123 cm³/mol. The van der Waals surface area contributed by atoms with Gasteiger partial charge in [0.2, 0.25) is 0 Å². The summed E-state index contributed by atoms with van der Waals surface area (Å²) >= 11 is 0. The summed E-state index contributed by atoms with van der Waals surface area (Å²) in [6.45, 7) is 3.32. The molecule has 0 fully saturated rings. The molecule has 0 unspecified atom stereocenters. The first-order valence-corrected chi connectivity index (χ1v) is 10.7. The second-order valence-electron chi connectivity index (χ2n) is 7.69. The number of ether oxygens (including phenoxy) is 1. The molecule has 160 valence electrons. The number of benzene rings is 2. The van der Waals surface area contributed by atoms with E-state index in [-0.39, 0.29) is 5.56 Å². The third-order valence-electron chi connectivity index (χ3n) is 5.63. The van der Waals surface area contributed by atoms with Crippen molar-refractivity contribution in [2.75, 3.05) is 23.8 Å². The minimum atomic E-state index is -0.945. The van der Waals surface area contributed by atoms with Crippen molar-refractivity contribution in [1.29, 1.82) is 0 Å². The molecular weight excluding hydrogens is 390 g/mol. The fraction of sp³-hybridized carbons (Fsp3) is 0.280. The first-order valence-electron chi connectivity index (χ1n) is 10.7. The van der Waals surface area contributed by atoms with Crippen molar-refractivity contribution in [1.82, 2.24) is 4.98 Å². The molecule has 3 N–H and O–H groups in total. The van der Waals surface area contributed by atoms with Gasteiger partial charge >= 0.3 is 5.97 Å². The van der Waals surface area contributed by atoms with E-state index in [2.05, 4.69) is 33.8 Å². The lowest BCUT2D eigenvalue weighted by Crippen LogP contribution is -2.19. The summed E-state index contributed by atoms with van der Waals surface area (Å²) in [5.41, 5.74) is 5.58. The van der Waals surface area contributed by atoms with Gasteiger partial charge in [-0.15, -0.1) is 0 Å². The average molecular weight is 418 g/mol. The van der Waals surface area contributed by atoms with E-state index in [1.54, 1.807) is 6.20 Å². The van der Waals surface area contributed by atoms with Crippen LogP contribution in [0, 0.1) is 0 Å². The molecule has 6 heteroatoms. The van der Waals surface area contributed by atoms with Gasteiger partial charge in [-0.3, -0.25) is 4.98 Å². The molecule has 1 aliphatic rings. The van der Waals surface area contributed by atoms with Gasteiger partial charge in [0.15, 0.2) is 0 Å². The summed E-state index contributed by atoms with van der Waals surface area (Å²) < 4.78 is 5.50. The van der Waals surface area contributed by atoms with Crippen LogP contribution in [0.5, 0.6) is 5.75 Å². The molecule has 0 bridgehead atoms. The first kappa shape index (κ1) is 20.7. The van der Waals surface area contributed by atoms with Crippen LogP contribution in [0.4, 0.5) is 17.1 Å². The number of rotatable bonds is 8. The molecule has 1 aromatic heterocycles. The van der Waals surface area contributed by atoms with E-state index in [4.69, 9.17) is 4.74 Å². The Bertz CT molecular complexity index is 1050. The van der Waals surface area contributed by atoms with E-state index < -0.39 is 5.97 Å². The zero-order valence-electron chi connectivity index (χ0n) is 17.6. The van der Waals surface area contributed by atoms with E-state index in [0.717, 1.165) is 36.4 Å². The highest BCUT2D eigenvalue weighted by Crippen LogP contribution is 2.34. The van der Waals surface area contributed by atoms with Crippen molar-refractivity contribution in [3.8, 4) is 5.75 Å². The predicted octanol–water partition coefficient (Wildman–Crippen LogP) is 5.45. The molecule has 4 rings (SSSR count). The first-order chi connectivity index (χ1) is 15.1. The van der Waals surface area contributed by atoms with Crippen LogP contribution in [0.1, 0.15) is 47.2 Å². The Balaban J connectivity index is 1.45. The summed E-state index contributed by atoms with van der Waals surface area (Å²) in [6, 6.07) is 16.0. The molecule has 1 atom stereocenters. The van der Waals surface area contributed by atoms with Crippen LogP contribution in [0.3, 0.4) is 0 Å². The smallest absolute Gasteiger partial charge is 0.337 e. The molecule has 1 aliphatic carbocycles. The van der Waals surface area contributed by atoms with Crippen molar-refractivity contribution >= 4 is 23.0 Å². The van der Waals surface area contributed by atoms with E-state index in [1.807, 2.05) is 31.2 Å². The maximum atomic E-state index is 11.4. The summed E-state index contributed by atoms with van der Waals surface area (Å²) in [7, 11) is 0. The topological polar surface area (TPSA) is 83.5 Å². The van der Waals surface area contributed by atoms with E-state index >= 15 is 0 Å². The molecule has 0 amide bonds. The molecule has 0 aliphatic heterocycles. The van der Waals surface area contributed by atoms with Crippen molar-refractivity contribution in [3.63, 3.8) is 0 Å². The van der Waals surface area contributed by atoms with Gasteiger partial charge in [0.1, 0.15) is 5.75 Å². The van der Waals surface area contributed by atoms with Crippen molar-refractivity contribution in [3.05, 3.63) is 77.6 Å². The van der Waals surface area contributed by atoms with Gasteiger partial charge in [0.05, 0.1) is 24.1 Å². The molecule has 31 heavy (non-hydrogen) atoms. The lowest BCUT2D eigenvalue weighted by atomic mass is 9.82. The molecule has 0 saturated carbocycles. The fourth-order valence-corrected chi connectivity index (χ4v) is 4.13. The number of carboxylic acids is 1. The number of hydrogen-bond acceptors (Lipinski definition) is 5. The Hall–Kier alpha value is -3.54. The van der Waals surface area contributed by atoms with Crippen molar-refractivity contribution in [2.24, 2.45) is 0 Å². The number of aromatic nitrogens is 1. The van der Waals surface area contributed by atoms with Crippen LogP contribution in [0.2, 0.25) is 0 Å². The number of anilines is 3. The number of pyridine rings is 1. The summed E-state index contributed by atoms with van der Waals surface area (Å²) in [6.07, 6.45) is 6.33. The number of fused-ring (bicyclic) bond motifs is 1. The number of carbonyl (C=O) groups is 1. The Labute approximate surface area is 182 Å². The zero-order valence-corrected chi connectivity index (χ0v) is 17.6. The molecule has 3 aromatic rings. The number of nitrogens with one attached hydrogen (secondary N) is 2. The maximum Gasteiger partial charge on any atom is 0.337 e. The van der Waals surface area contributed by atoms with Gasteiger partial charge in [-0.1, -0.05) is 6.07 Å². The Morgan fingerprint density at radius 2 is 1.97 bits per heavy atom. The van der Waals surface area contributed by atoms with Crippen LogP contribution in [-0.4, -0.2) is 29.2 Å². The quantitative estimate of drug-likeness (QED) is 0.452. The van der Waals surface area contributed by atoms with Gasteiger partial charge in [0.25, 0.3) is 0 Å². The van der Waals surface area contributed by atoms with Gasteiger partial charge in [-0.25, -0.2) is 4.79 Å². The zero-order chi connectivity index (χ0) is 21.6. The highest BCUT2D eigenvalue weighted by atomic mass is 16.5. The average Bonchev–Trinajstić information content (AvgIpc) is 2.79. The summed E-state index contributed by atoms with van der Waals surface area (Å²) in [5.74, 6) is 0.262. The van der Waals surface area contributed by atoms with E-state index in [0.29, 0.717) is 24.8 Å². The number of hydrogen-bond donors (Lipinski definition) is 3. The number of aryl methyl sites for hydroxylation is 1. The molecule has 0 saturated heterocycles. The van der Waals surface area contributed by atoms with Crippen LogP contribution in [0.15, 0.2) is 60.9 Å². The van der Waals surface area contributed by atoms with Crippen molar-refractivity contribution in [2.45, 2.75) is 32.1 Å². The number of nitrogens with zero attached hydrogens (tertiary/aromatic N) is 1. The minimum Gasteiger partial charge on any atom is -0.494 e. The third-order valence-corrected chi connectivity index (χ3v) is 5.63. The largest absolute Gasteiger partial charge is 0.494 e. The molecule has 0 radical (unpaired) electrons. The molecule has 0 spiro atoms. The Kier molecular flexibility index (Phi) is 6.36. The highest BCUT2D eigenvalue weighted by Gasteiger charge is 2.21. The molecule has 2 aromatic carbocycles. The standard InChI is InChI=1S/C25H27N3O3/c1-2-31-21-9-6-19(7-10-21)28-20-8-11-22-17(14-20)4-3-5-18(22)15-27-24-16-26-13-12-23(24)25(29)30/h6-14,16,18,27-28H,2-5,15H2,1H3,(H,29,30)/t18-/m0/s1. The fourth-order valence-electron chi connectivity index (χ4n) is 4.13. The van der Waals surface area contributed by atoms with Gasteiger partial charge in [0, 0.05) is 30.0 Å². The Morgan fingerprint density at radius 1 is 1.16 bits per heavy atom. The van der Waals surface area contributed by atoms with Crippen molar-refractivity contribution < 1.29 is 14.6 Å². The number of carboxylic acid groups (broad SMARTS) is 1. The SMILES string of the molecule is CCOc1ccc(Nc2ccc3c(c2)CCC[C@H]3CNc2cnccc2C(=O)O)cc1. The van der Waals surface area contributed by atoms with E-state index in [9.17, 15) is 9.90 Å². The van der Waals surface area contributed by atoms with Crippen LogP contribution in [-0.2, 0) is 6.42 Å². The lowest BCUT2D eigenvalue weighted by Gasteiger charge is -2.27. The monoisotopic (exact) mass is 417 g/mol.